The minimum atomic E-state index is -5.22. The molecular weight excluding hydrogens is 1110 g/mol. The molecule has 28 nitrogen and oxygen atoms in total. The van der Waals surface area contributed by atoms with E-state index in [-0.39, 0.29) is 88.2 Å². The molecule has 8 aromatic carbocycles. The number of sulfonamides is 2. The summed E-state index contributed by atoms with van der Waals surface area (Å²) in [7, 11) is -23.4. The quantitative estimate of drug-likeness (QED) is 0.0260. The number of phenolic OH excluding ortho intramolecular Hbond substituents is 2. The number of fused-ring (bicyclic) bond motifs is 2. The molecule has 77 heavy (non-hydrogen) atoms. The predicted octanol–water partition coefficient (Wildman–Crippen LogP) is 9.01. The molecule has 0 radical (unpaired) electrons. The zero-order chi connectivity index (χ0) is 56.0. The first kappa shape index (κ1) is 54.5. The molecule has 0 unspecified atom stereocenters. The number of nitrogens with zero attached hydrogens (tertiary/aromatic N) is 8. The van der Waals surface area contributed by atoms with Gasteiger partial charge in [-0.3, -0.25) is 13.7 Å². The highest BCUT2D eigenvalue weighted by Gasteiger charge is 2.27. The summed E-state index contributed by atoms with van der Waals surface area (Å²) in [4.78, 5) is -3.08. The molecule has 0 atom stereocenters. The van der Waals surface area contributed by atoms with Gasteiger partial charge in [0.2, 0.25) is 20.0 Å². The van der Waals surface area contributed by atoms with Crippen LogP contribution in [-0.4, -0.2) is 66.0 Å². The number of hydrogen-bond donors (Lipinski definition) is 10. The summed E-state index contributed by atoms with van der Waals surface area (Å²) in [6, 6.07) is 25.4. The lowest BCUT2D eigenvalue weighted by molar-refractivity contribution is 0.472. The highest BCUT2D eigenvalue weighted by molar-refractivity contribution is 7.89. The molecule has 0 saturated carbocycles. The fraction of sp³-hybridized carbons (Fsp3) is 0. The summed E-state index contributed by atoms with van der Waals surface area (Å²) in [5.74, 6) is -1.74. The number of aromatic hydroxyl groups is 2. The van der Waals surface area contributed by atoms with Gasteiger partial charge in [0.25, 0.3) is 30.4 Å². The normalized spacial score (nSPS) is 13.0. The number of azo groups is 4. The smallest absolute Gasteiger partial charge is 0.296 e. The second kappa shape index (κ2) is 20.4. The molecular formula is C44H35N13O15S5. The van der Waals surface area contributed by atoms with Gasteiger partial charge >= 0.3 is 0 Å². The summed E-state index contributed by atoms with van der Waals surface area (Å²) in [6.07, 6.45) is 0. The second-order valence-electron chi connectivity index (χ2n) is 16.0. The van der Waals surface area contributed by atoms with Crippen molar-refractivity contribution in [2.24, 2.45) is 51.2 Å². The molecule has 0 aromatic heterocycles. The predicted molar refractivity (Wildman–Crippen MR) is 278 cm³/mol. The molecule has 0 bridgehead atoms. The van der Waals surface area contributed by atoms with Crippen molar-refractivity contribution in [2.75, 3.05) is 16.8 Å². The molecule has 0 heterocycles. The minimum Gasteiger partial charge on any atom is -0.505 e. The number of primary sulfonamides is 2. The average Bonchev–Trinajstić information content (AvgIpc) is 3.36. The van der Waals surface area contributed by atoms with Gasteiger partial charge in [0, 0.05) is 27.8 Å². The van der Waals surface area contributed by atoms with Crippen molar-refractivity contribution in [1.29, 1.82) is 0 Å². The Morgan fingerprint density at radius 1 is 0.390 bits per heavy atom. The van der Waals surface area contributed by atoms with Gasteiger partial charge in [-0.1, -0.05) is 0 Å². The van der Waals surface area contributed by atoms with Crippen LogP contribution in [0, 0.1) is 0 Å². The van der Waals surface area contributed by atoms with Gasteiger partial charge < -0.3 is 27.0 Å². The summed E-state index contributed by atoms with van der Waals surface area (Å²) in [6.45, 7) is 0. The standard InChI is InChI=1S/C44H35N13O15S5/c45-31-14-17-33(54-50-24-5-10-27(11-6-24)73(47,60)61)29-20-37(76(67,68)69)41(43(58)39(29)31)56-52-23-3-1-22(2-4-23)49-35-16-9-26(19-36(35)75(64,65)66)53-57-42-38(77(70,71)72)21-30-34(18-15-32(46)40(30)44(42)59)55-51-25-7-12-28(13-8-25)74(48,62)63/h1-21,49,58-59H,45-46H2,(H2,47,60,61)(H2,48,62,63)(H,64,65,66)(H,67,68,69)(H,70,71,72). The van der Waals surface area contributed by atoms with Gasteiger partial charge in [0.05, 0.1) is 60.4 Å². The fourth-order valence-electron chi connectivity index (χ4n) is 7.20. The van der Waals surface area contributed by atoms with Gasteiger partial charge in [-0.25, -0.2) is 27.1 Å². The van der Waals surface area contributed by atoms with Crippen LogP contribution in [0.1, 0.15) is 0 Å². The van der Waals surface area contributed by atoms with E-state index in [0.29, 0.717) is 0 Å². The molecule has 0 saturated heterocycles. The third-order valence-corrected chi connectivity index (χ3v) is 15.3. The van der Waals surface area contributed by atoms with Crippen LogP contribution in [-0.2, 0) is 50.4 Å². The number of nitrogens with two attached hydrogens (primary N) is 4. The number of hydrogen-bond acceptors (Lipinski definition) is 23. The largest absolute Gasteiger partial charge is 0.505 e. The number of rotatable bonds is 15. The SMILES string of the molecule is Nc1ccc(N=Nc2ccc(S(N)(=O)=O)cc2)c2cc(S(=O)(=O)O)c(N=Nc3ccc(Nc4ccc(N=Nc5c(S(=O)(=O)O)cc6c(N=Nc7ccc(S(N)(=O)=O)cc7)ccc(N)c6c5O)cc4S(=O)(=O)O)cc3)c(O)c12. The monoisotopic (exact) mass is 1150 g/mol. The van der Waals surface area contributed by atoms with E-state index in [1.165, 1.54) is 103 Å². The first-order valence-corrected chi connectivity index (χ1v) is 28.4. The van der Waals surface area contributed by atoms with Crippen molar-refractivity contribution in [3.05, 3.63) is 127 Å². The third kappa shape index (κ3) is 12.0. The lowest BCUT2D eigenvalue weighted by atomic mass is 10.0. The van der Waals surface area contributed by atoms with E-state index in [1.807, 2.05) is 0 Å². The zero-order valence-corrected chi connectivity index (χ0v) is 42.5. The van der Waals surface area contributed by atoms with Crippen molar-refractivity contribution in [3.8, 4) is 11.5 Å². The highest BCUT2D eigenvalue weighted by Crippen LogP contribution is 2.48. The van der Waals surface area contributed by atoms with Crippen LogP contribution in [0.15, 0.2) is 193 Å². The van der Waals surface area contributed by atoms with E-state index in [9.17, 15) is 66.0 Å². The summed E-state index contributed by atoms with van der Waals surface area (Å²) in [5.41, 5.74) is 10.3. The van der Waals surface area contributed by atoms with Crippen LogP contribution in [0.4, 0.5) is 68.2 Å². The molecule has 0 amide bonds. The Morgan fingerprint density at radius 3 is 1.12 bits per heavy atom. The molecule has 396 valence electrons. The Bertz CT molecular complexity index is 4470. The molecule has 14 N–H and O–H groups in total. The Labute approximate surface area is 435 Å². The Morgan fingerprint density at radius 2 is 0.740 bits per heavy atom. The molecule has 8 aromatic rings. The molecule has 0 aliphatic rings. The summed E-state index contributed by atoms with van der Waals surface area (Å²) < 4.78 is 153. The molecule has 0 aliphatic carbocycles. The molecule has 0 aliphatic heterocycles. The highest BCUT2D eigenvalue weighted by atomic mass is 32.2. The maximum absolute atomic E-state index is 12.7. The van der Waals surface area contributed by atoms with Gasteiger partial charge in [-0.15, -0.1) is 20.5 Å². The number of benzene rings is 8. The van der Waals surface area contributed by atoms with Crippen LogP contribution in [0.25, 0.3) is 21.5 Å². The van der Waals surface area contributed by atoms with Crippen LogP contribution in [0.2, 0.25) is 0 Å². The van der Waals surface area contributed by atoms with E-state index < -0.39 is 88.0 Å². The lowest BCUT2D eigenvalue weighted by Crippen LogP contribution is -2.11. The fourth-order valence-corrected chi connectivity index (χ4v) is 10.2. The minimum absolute atomic E-state index is 0.0183. The topological polar surface area (TPSA) is 487 Å². The van der Waals surface area contributed by atoms with Crippen LogP contribution < -0.4 is 27.1 Å². The average molecular weight is 1150 g/mol. The van der Waals surface area contributed by atoms with Crippen molar-refractivity contribution in [1.82, 2.24) is 0 Å². The number of nitrogen functional groups attached to an aromatic ring is 2. The second-order valence-corrected chi connectivity index (χ2v) is 23.3. The van der Waals surface area contributed by atoms with E-state index in [4.69, 9.17) is 21.7 Å². The maximum atomic E-state index is 12.7. The zero-order valence-electron chi connectivity index (χ0n) is 38.4. The first-order valence-electron chi connectivity index (χ1n) is 21.0. The van der Waals surface area contributed by atoms with Crippen LogP contribution in [0.3, 0.4) is 0 Å². The molecule has 0 spiro atoms. The lowest BCUT2D eigenvalue weighted by Gasteiger charge is -2.13. The van der Waals surface area contributed by atoms with Gasteiger partial charge in [-0.2, -0.15) is 45.7 Å². The maximum Gasteiger partial charge on any atom is 0.296 e. The molecule has 0 fully saturated rings. The van der Waals surface area contributed by atoms with Crippen molar-refractivity contribution in [2.45, 2.75) is 24.5 Å². The number of anilines is 4. The Balaban J connectivity index is 1.06. The molecule has 8 rings (SSSR count). The number of nitrogens with one attached hydrogen (secondary N) is 1. The van der Waals surface area contributed by atoms with Crippen molar-refractivity contribution >= 4 is 140 Å². The van der Waals surface area contributed by atoms with Crippen LogP contribution >= 0.6 is 0 Å². The summed E-state index contributed by atoms with van der Waals surface area (Å²) >= 11 is 0. The van der Waals surface area contributed by atoms with Crippen LogP contribution in [0.5, 0.6) is 11.5 Å². The summed E-state index contributed by atoms with van der Waals surface area (Å²) in [5, 5.41) is 66.8. The Kier molecular flexibility index (Phi) is 14.4. The molecule has 33 heteroatoms. The number of phenols is 2. The van der Waals surface area contributed by atoms with E-state index in [1.54, 1.807) is 0 Å². The van der Waals surface area contributed by atoms with E-state index in [2.05, 4.69) is 46.2 Å². The first-order chi connectivity index (χ1) is 36.0. The van der Waals surface area contributed by atoms with Crippen molar-refractivity contribution in [3.63, 3.8) is 0 Å². The third-order valence-electron chi connectivity index (χ3n) is 10.8. The van der Waals surface area contributed by atoms with Crippen molar-refractivity contribution < 1.29 is 66.0 Å². The van der Waals surface area contributed by atoms with Gasteiger partial charge in [0.1, 0.15) is 26.1 Å². The Hall–Kier alpha value is -8.77. The van der Waals surface area contributed by atoms with E-state index >= 15 is 0 Å². The van der Waals surface area contributed by atoms with E-state index in [0.717, 1.165) is 24.3 Å². The van der Waals surface area contributed by atoms with Gasteiger partial charge in [-0.05, 0) is 127 Å². The van der Waals surface area contributed by atoms with Gasteiger partial charge in [0.15, 0.2) is 11.5 Å².